The quantitative estimate of drug-likeness (QED) is 0.206. The average molecular weight is 465 g/mol. The van der Waals surface area contributed by atoms with Crippen LogP contribution >= 0.6 is 15.9 Å². The first-order valence-electron chi connectivity index (χ1n) is 9.65. The number of halogens is 1. The van der Waals surface area contributed by atoms with E-state index in [4.69, 9.17) is 9.16 Å². The van der Waals surface area contributed by atoms with Crippen molar-refractivity contribution in [1.82, 2.24) is 0 Å². The van der Waals surface area contributed by atoms with E-state index in [9.17, 15) is 9.59 Å². The summed E-state index contributed by atoms with van der Waals surface area (Å²) in [4.78, 5) is 23.4. The fraction of sp³-hybridized carbons (Fsp3) is 0.636. The number of carbonyl (C=O) groups excluding carboxylic acids is 2. The van der Waals surface area contributed by atoms with Crippen molar-refractivity contribution < 1.29 is 18.8 Å². The van der Waals surface area contributed by atoms with Gasteiger partial charge in [-0.1, -0.05) is 60.5 Å². The molecule has 2 aliphatic rings. The molecule has 152 valence electrons. The van der Waals surface area contributed by atoms with Crippen LogP contribution in [0.25, 0.3) is 0 Å². The number of alkyl halides is 1. The van der Waals surface area contributed by atoms with E-state index in [0.29, 0.717) is 19.1 Å². The first-order valence-corrected chi connectivity index (χ1v) is 13.7. The number of esters is 1. The normalized spacial score (nSPS) is 28.0. The molecule has 0 spiro atoms. The Balaban J connectivity index is 2.32. The monoisotopic (exact) mass is 464 g/mol. The number of hydrogen-bond acceptors (Lipinski definition) is 4. The van der Waals surface area contributed by atoms with Crippen molar-refractivity contribution >= 4 is 36.5 Å². The molecule has 0 aromatic heterocycles. The third-order valence-corrected chi connectivity index (χ3v) is 10.8. The van der Waals surface area contributed by atoms with Crippen molar-refractivity contribution in [1.29, 1.82) is 0 Å². The van der Waals surface area contributed by atoms with Gasteiger partial charge in [-0.05, 0) is 43.0 Å². The molecule has 28 heavy (non-hydrogen) atoms. The summed E-state index contributed by atoms with van der Waals surface area (Å²) in [6.07, 6.45) is 5.02. The third-order valence-electron chi connectivity index (χ3n) is 6.01. The fourth-order valence-corrected chi connectivity index (χ4v) is 4.82. The SMILES string of the molecule is CC(C)(C)[Si](C)(C)O[C@H](C#CC=O)[C@H]1C[C@@H](C#C/C=C/CBr)[C@H]2C[C@@H]1C(=O)O2. The molecule has 2 bridgehead atoms. The van der Waals surface area contributed by atoms with E-state index >= 15 is 0 Å². The highest BCUT2D eigenvalue weighted by atomic mass is 79.9. The maximum absolute atomic E-state index is 12.5. The summed E-state index contributed by atoms with van der Waals surface area (Å²) in [5, 5.41) is 0.750. The number of fused-ring (bicyclic) bond motifs is 2. The molecule has 2 fully saturated rings. The van der Waals surface area contributed by atoms with Crippen LogP contribution in [0.4, 0.5) is 0 Å². The van der Waals surface area contributed by atoms with Crippen LogP contribution in [-0.2, 0) is 18.8 Å². The second-order valence-corrected chi connectivity index (χ2v) is 14.3. The fourth-order valence-electron chi connectivity index (χ4n) is 3.42. The van der Waals surface area contributed by atoms with E-state index in [1.165, 1.54) is 0 Å². The van der Waals surface area contributed by atoms with Crippen LogP contribution in [0, 0.1) is 41.4 Å². The van der Waals surface area contributed by atoms with Gasteiger partial charge in [0.2, 0.25) is 0 Å². The van der Waals surface area contributed by atoms with E-state index in [2.05, 4.69) is 73.5 Å². The van der Waals surface area contributed by atoms with E-state index in [1.54, 1.807) is 0 Å². The van der Waals surface area contributed by atoms with Gasteiger partial charge in [0, 0.05) is 11.2 Å². The number of ether oxygens (including phenoxy) is 1. The highest BCUT2D eigenvalue weighted by Gasteiger charge is 2.52. The average Bonchev–Trinajstić information content (AvgIpc) is 2.93. The zero-order valence-corrected chi connectivity index (χ0v) is 19.8. The van der Waals surface area contributed by atoms with Crippen molar-refractivity contribution in [3.05, 3.63) is 12.2 Å². The second kappa shape index (κ2) is 9.44. The summed E-state index contributed by atoms with van der Waals surface area (Å²) in [5.74, 6) is 11.2. The molecular formula is C22H29BrO4Si. The van der Waals surface area contributed by atoms with Gasteiger partial charge >= 0.3 is 5.97 Å². The zero-order valence-electron chi connectivity index (χ0n) is 17.3. The van der Waals surface area contributed by atoms with Crippen molar-refractivity contribution in [3.8, 4) is 23.7 Å². The lowest BCUT2D eigenvalue weighted by Gasteiger charge is -2.41. The molecule has 0 unspecified atom stereocenters. The summed E-state index contributed by atoms with van der Waals surface area (Å²) < 4.78 is 12.2. The van der Waals surface area contributed by atoms with Crippen LogP contribution in [0.3, 0.4) is 0 Å². The first-order chi connectivity index (χ1) is 13.1. The molecule has 1 saturated carbocycles. The Bertz CT molecular complexity index is 744. The minimum atomic E-state index is -2.13. The highest BCUT2D eigenvalue weighted by molar-refractivity contribution is 9.09. The Labute approximate surface area is 178 Å². The van der Waals surface area contributed by atoms with Crippen LogP contribution in [-0.4, -0.2) is 38.1 Å². The van der Waals surface area contributed by atoms with Crippen molar-refractivity contribution in [2.24, 2.45) is 17.8 Å². The minimum Gasteiger partial charge on any atom is -0.461 e. The number of allylic oxidation sites excluding steroid dienone is 2. The lowest BCUT2D eigenvalue weighted by atomic mass is 9.72. The highest BCUT2D eigenvalue weighted by Crippen LogP contribution is 2.46. The van der Waals surface area contributed by atoms with Gasteiger partial charge in [0.25, 0.3) is 0 Å². The molecule has 2 rings (SSSR count). The second-order valence-electron chi connectivity index (χ2n) is 8.87. The molecule has 0 aromatic rings. The lowest BCUT2D eigenvalue weighted by Crippen LogP contribution is -2.48. The van der Waals surface area contributed by atoms with E-state index in [-0.39, 0.29) is 34.9 Å². The Morgan fingerprint density at radius 3 is 2.64 bits per heavy atom. The van der Waals surface area contributed by atoms with Crippen molar-refractivity contribution in [2.75, 3.05) is 5.33 Å². The smallest absolute Gasteiger partial charge is 0.309 e. The van der Waals surface area contributed by atoms with E-state index in [1.807, 2.05) is 12.2 Å². The molecule has 1 saturated heterocycles. The molecule has 1 aliphatic heterocycles. The van der Waals surface area contributed by atoms with Crippen molar-refractivity contribution in [3.63, 3.8) is 0 Å². The molecular weight excluding hydrogens is 436 g/mol. The number of rotatable bonds is 4. The van der Waals surface area contributed by atoms with Gasteiger partial charge in [0.05, 0.1) is 11.8 Å². The first kappa shape index (κ1) is 22.9. The molecule has 1 heterocycles. The van der Waals surface area contributed by atoms with Crippen LogP contribution < -0.4 is 0 Å². The van der Waals surface area contributed by atoms with Crippen LogP contribution in [0.1, 0.15) is 33.6 Å². The lowest BCUT2D eigenvalue weighted by molar-refractivity contribution is -0.144. The molecule has 4 nitrogen and oxygen atoms in total. The third kappa shape index (κ3) is 5.38. The number of aldehydes is 1. The zero-order chi connectivity index (χ0) is 20.9. The molecule has 6 heteroatoms. The predicted molar refractivity (Wildman–Crippen MR) is 116 cm³/mol. The van der Waals surface area contributed by atoms with Crippen LogP contribution in [0.15, 0.2) is 12.2 Å². The molecule has 0 N–H and O–H groups in total. The minimum absolute atomic E-state index is 0.00117. The Hall–Kier alpha value is -1.34. The van der Waals surface area contributed by atoms with Gasteiger partial charge < -0.3 is 9.16 Å². The maximum atomic E-state index is 12.5. The topological polar surface area (TPSA) is 52.6 Å². The van der Waals surface area contributed by atoms with Gasteiger partial charge in [-0.15, -0.1) is 0 Å². The van der Waals surface area contributed by atoms with Gasteiger partial charge in [0.1, 0.15) is 12.2 Å². The summed E-state index contributed by atoms with van der Waals surface area (Å²) in [6.45, 7) is 10.8. The maximum Gasteiger partial charge on any atom is 0.309 e. The summed E-state index contributed by atoms with van der Waals surface area (Å²) in [5.41, 5.74) is 0. The molecule has 5 atom stereocenters. The van der Waals surface area contributed by atoms with Gasteiger partial charge in [-0.2, -0.15) is 0 Å². The largest absolute Gasteiger partial charge is 0.461 e. The van der Waals surface area contributed by atoms with Gasteiger partial charge in [-0.3, -0.25) is 9.59 Å². The predicted octanol–water partition coefficient (Wildman–Crippen LogP) is 4.10. The number of carbonyl (C=O) groups is 2. The van der Waals surface area contributed by atoms with Gasteiger partial charge in [0.15, 0.2) is 14.6 Å². The molecule has 0 radical (unpaired) electrons. The Morgan fingerprint density at radius 1 is 1.32 bits per heavy atom. The summed E-state index contributed by atoms with van der Waals surface area (Å²) in [6, 6.07) is 0. The van der Waals surface area contributed by atoms with Crippen LogP contribution in [0.2, 0.25) is 18.1 Å². The molecule has 1 aliphatic carbocycles. The van der Waals surface area contributed by atoms with E-state index in [0.717, 1.165) is 5.33 Å². The summed E-state index contributed by atoms with van der Waals surface area (Å²) in [7, 11) is -2.13. The van der Waals surface area contributed by atoms with Crippen molar-refractivity contribution in [2.45, 2.75) is 64.0 Å². The molecule has 0 aromatic carbocycles. The van der Waals surface area contributed by atoms with E-state index < -0.39 is 14.4 Å². The number of hydrogen-bond donors (Lipinski definition) is 0. The van der Waals surface area contributed by atoms with Gasteiger partial charge in [-0.25, -0.2) is 0 Å². The standard InChI is InChI=1S/C22H29BrO4Si/c1-22(2,3)28(4,5)27-19(11-9-13-24)17-14-16(10-7-6-8-12-23)20-15-18(17)21(25)26-20/h6,8,13,16-20H,12,14-15H2,1-5H3/b8-6+/t16-,17+,18+,19-,20-/m1/s1. The van der Waals surface area contributed by atoms with Crippen LogP contribution in [0.5, 0.6) is 0 Å². The Morgan fingerprint density at radius 2 is 2.04 bits per heavy atom. The Kier molecular flexibility index (Phi) is 7.73. The summed E-state index contributed by atoms with van der Waals surface area (Å²) >= 11 is 3.33. The molecule has 0 amide bonds.